The van der Waals surface area contributed by atoms with Gasteiger partial charge in [0.15, 0.2) is 0 Å². The number of hydrogen-bond acceptors (Lipinski definition) is 3. The smallest absolute Gasteiger partial charge is 0.422 e. The lowest BCUT2D eigenvalue weighted by Crippen LogP contribution is -2.32. The maximum absolute atomic E-state index is 8.95. The van der Waals surface area contributed by atoms with E-state index in [-0.39, 0.29) is 0 Å². The summed E-state index contributed by atoms with van der Waals surface area (Å²) >= 11 is 2.15. The summed E-state index contributed by atoms with van der Waals surface area (Å²) in [6, 6.07) is 7.00. The van der Waals surface area contributed by atoms with Gasteiger partial charge in [0, 0.05) is 3.57 Å². The third-order valence-corrected chi connectivity index (χ3v) is 1.97. The Morgan fingerprint density at radius 1 is 1.27 bits per heavy atom. The van der Waals surface area contributed by atoms with Gasteiger partial charge in [-0.25, -0.2) is 0 Å². The van der Waals surface area contributed by atoms with Crippen LogP contribution in [0.1, 0.15) is 0 Å². The number of halogens is 1. The number of hydrogen-bond donors (Lipinski definition) is 2. The van der Waals surface area contributed by atoms with Gasteiger partial charge in [-0.05, 0) is 40.2 Å². The molecular weight excluding hydrogens is 258 g/mol. The average Bonchev–Trinajstić information content (AvgIpc) is 2.05. The van der Waals surface area contributed by atoms with Crippen LogP contribution < -0.4 is 5.46 Å². The predicted molar refractivity (Wildman–Crippen MR) is 50.5 cm³/mol. The molecule has 0 aliphatic carbocycles. The molecular formula is C6H6BIO3. The van der Waals surface area contributed by atoms with Crippen molar-refractivity contribution in [3.05, 3.63) is 27.8 Å². The van der Waals surface area contributed by atoms with Crippen LogP contribution in [0.25, 0.3) is 0 Å². The van der Waals surface area contributed by atoms with E-state index in [2.05, 4.69) is 27.4 Å². The van der Waals surface area contributed by atoms with E-state index in [0.717, 1.165) is 3.57 Å². The van der Waals surface area contributed by atoms with Crippen molar-refractivity contribution in [2.75, 3.05) is 0 Å². The van der Waals surface area contributed by atoms with Crippen LogP contribution in [0.3, 0.4) is 0 Å². The molecule has 0 unspecified atom stereocenters. The van der Waals surface area contributed by atoms with E-state index >= 15 is 0 Å². The fraction of sp³-hybridized carbons (Fsp3) is 0. The van der Waals surface area contributed by atoms with Crippen molar-refractivity contribution >= 4 is 35.2 Å². The molecule has 1 aromatic carbocycles. The highest BCUT2D eigenvalue weighted by molar-refractivity contribution is 14.1. The van der Waals surface area contributed by atoms with Crippen molar-refractivity contribution in [3.8, 4) is 0 Å². The molecule has 2 N–H and O–H groups in total. The molecule has 0 spiro atoms. The normalized spacial score (nSPS) is 9.73. The Hall–Kier alpha value is -0.105. The first-order valence-corrected chi connectivity index (χ1v) is 4.05. The first-order valence-electron chi connectivity index (χ1n) is 2.98. The van der Waals surface area contributed by atoms with Gasteiger partial charge in [0.25, 0.3) is 0 Å². The first kappa shape index (κ1) is 8.99. The molecule has 5 heteroatoms. The summed E-state index contributed by atoms with van der Waals surface area (Å²) in [6.45, 7) is 0. The van der Waals surface area contributed by atoms with Gasteiger partial charge in [-0.1, -0.05) is 12.1 Å². The lowest BCUT2D eigenvalue weighted by Gasteiger charge is -2.00. The van der Waals surface area contributed by atoms with Crippen molar-refractivity contribution in [2.45, 2.75) is 0 Å². The maximum atomic E-state index is 8.95. The van der Waals surface area contributed by atoms with Gasteiger partial charge >= 0.3 is 7.12 Å². The van der Waals surface area contributed by atoms with E-state index in [4.69, 9.17) is 10.3 Å². The van der Waals surface area contributed by atoms with Crippen LogP contribution in [0.15, 0.2) is 24.3 Å². The molecule has 3 nitrogen and oxygen atoms in total. The minimum Gasteiger partial charge on any atom is -0.422 e. The Morgan fingerprint density at radius 2 is 1.82 bits per heavy atom. The Morgan fingerprint density at radius 3 is 2.27 bits per heavy atom. The van der Waals surface area contributed by atoms with Gasteiger partial charge in [0.2, 0.25) is 0 Å². The summed E-state index contributed by atoms with van der Waals surface area (Å²) in [5.74, 6) is 0. The van der Waals surface area contributed by atoms with E-state index in [1.165, 1.54) is 0 Å². The van der Waals surface area contributed by atoms with Gasteiger partial charge in [0.1, 0.15) is 0 Å². The molecule has 0 saturated carbocycles. The third-order valence-electron chi connectivity index (χ3n) is 1.26. The van der Waals surface area contributed by atoms with E-state index in [0.29, 0.717) is 5.46 Å². The molecule has 58 valence electrons. The van der Waals surface area contributed by atoms with E-state index in [1.807, 2.05) is 12.1 Å². The summed E-state index contributed by atoms with van der Waals surface area (Å²) in [7, 11) is -1.24. The zero-order valence-corrected chi connectivity index (χ0v) is 7.72. The summed E-state index contributed by atoms with van der Waals surface area (Å²) < 4.78 is 1.07. The molecule has 0 aliphatic rings. The summed E-state index contributed by atoms with van der Waals surface area (Å²) in [6.07, 6.45) is 0. The van der Waals surface area contributed by atoms with Gasteiger partial charge in [0.05, 0.1) is 0 Å². The Kier molecular flexibility index (Phi) is 3.31. The van der Waals surface area contributed by atoms with E-state index < -0.39 is 7.12 Å². The monoisotopic (exact) mass is 264 g/mol. The molecule has 0 fully saturated rings. The molecule has 0 amide bonds. The van der Waals surface area contributed by atoms with Gasteiger partial charge < -0.3 is 5.02 Å². The standard InChI is InChI=1S/C6H6BIO3/c8-6-3-1-5(2-4-6)7(9)11-10/h1-4,9-10H. The van der Waals surface area contributed by atoms with Gasteiger partial charge in [-0.15, -0.1) is 0 Å². The van der Waals surface area contributed by atoms with Gasteiger partial charge in [-0.3, -0.25) is 10.1 Å². The lowest BCUT2D eigenvalue weighted by molar-refractivity contribution is -0.154. The van der Waals surface area contributed by atoms with E-state index in [1.54, 1.807) is 12.1 Å². The highest BCUT2D eigenvalue weighted by atomic mass is 127. The minimum atomic E-state index is -1.24. The highest BCUT2D eigenvalue weighted by Crippen LogP contribution is 2.00. The van der Waals surface area contributed by atoms with E-state index in [9.17, 15) is 0 Å². The molecule has 0 aliphatic heterocycles. The van der Waals surface area contributed by atoms with Gasteiger partial charge in [-0.2, -0.15) is 0 Å². The van der Waals surface area contributed by atoms with Crippen molar-refractivity contribution in [1.82, 2.24) is 0 Å². The molecule has 0 heterocycles. The van der Waals surface area contributed by atoms with Crippen molar-refractivity contribution in [3.63, 3.8) is 0 Å². The SMILES string of the molecule is OOB(O)c1ccc(I)cc1. The molecule has 0 aromatic heterocycles. The Bertz CT molecular complexity index is 226. The average molecular weight is 264 g/mol. The van der Waals surface area contributed by atoms with Crippen LogP contribution in [-0.2, 0) is 4.81 Å². The summed E-state index contributed by atoms with van der Waals surface area (Å²) in [5.41, 5.74) is 0.535. The molecule has 0 radical (unpaired) electrons. The molecule has 0 atom stereocenters. The third kappa shape index (κ3) is 2.44. The molecule has 1 rings (SSSR count). The Balaban J connectivity index is 2.81. The Labute approximate surface area is 78.2 Å². The number of benzene rings is 1. The van der Waals surface area contributed by atoms with Crippen molar-refractivity contribution < 1.29 is 15.1 Å². The zero-order valence-electron chi connectivity index (χ0n) is 5.57. The second-order valence-electron chi connectivity index (χ2n) is 2.01. The minimum absolute atomic E-state index is 0.535. The fourth-order valence-electron chi connectivity index (χ4n) is 0.688. The summed E-state index contributed by atoms with van der Waals surface area (Å²) in [5, 5.41) is 17.1. The quantitative estimate of drug-likeness (QED) is 0.353. The second kappa shape index (κ2) is 4.05. The largest absolute Gasteiger partial charge is 0.522 e. The first-order chi connectivity index (χ1) is 5.24. The maximum Gasteiger partial charge on any atom is 0.522 e. The highest BCUT2D eigenvalue weighted by Gasteiger charge is 2.14. The topological polar surface area (TPSA) is 49.7 Å². The molecule has 0 bridgehead atoms. The molecule has 1 aromatic rings. The zero-order chi connectivity index (χ0) is 8.27. The second-order valence-corrected chi connectivity index (χ2v) is 3.25. The lowest BCUT2D eigenvalue weighted by atomic mass is 9.80. The van der Waals surface area contributed by atoms with Crippen LogP contribution >= 0.6 is 22.6 Å². The van der Waals surface area contributed by atoms with Crippen LogP contribution in [0, 0.1) is 3.57 Å². The van der Waals surface area contributed by atoms with Crippen LogP contribution in [0.5, 0.6) is 0 Å². The fourth-order valence-corrected chi connectivity index (χ4v) is 1.05. The van der Waals surface area contributed by atoms with Crippen LogP contribution in [0.4, 0.5) is 0 Å². The van der Waals surface area contributed by atoms with Crippen molar-refractivity contribution in [2.24, 2.45) is 0 Å². The summed E-state index contributed by atoms with van der Waals surface area (Å²) in [4.78, 5) is 3.73. The van der Waals surface area contributed by atoms with Crippen molar-refractivity contribution in [1.29, 1.82) is 0 Å². The molecule has 11 heavy (non-hydrogen) atoms. The van der Waals surface area contributed by atoms with Crippen LogP contribution in [-0.4, -0.2) is 17.4 Å². The van der Waals surface area contributed by atoms with Crippen LogP contribution in [0.2, 0.25) is 0 Å². The number of rotatable bonds is 2. The predicted octanol–water partition coefficient (Wildman–Crippen LogP) is 0.468. The molecule has 0 saturated heterocycles.